The Kier molecular flexibility index (Phi) is 3.43. The van der Waals surface area contributed by atoms with E-state index in [0.717, 1.165) is 4.68 Å². The molecule has 0 amide bonds. The van der Waals surface area contributed by atoms with E-state index in [1.54, 1.807) is 6.07 Å². The van der Waals surface area contributed by atoms with Gasteiger partial charge >= 0.3 is 6.18 Å². The Morgan fingerprint density at radius 1 is 1.26 bits per heavy atom. The molecule has 0 radical (unpaired) electrons. The molecule has 0 spiro atoms. The third-order valence-electron chi connectivity index (χ3n) is 2.26. The van der Waals surface area contributed by atoms with Crippen LogP contribution in [0.4, 0.5) is 13.2 Å². The molecule has 8 heteroatoms. The van der Waals surface area contributed by atoms with Crippen LogP contribution in [-0.4, -0.2) is 9.78 Å². The molecule has 19 heavy (non-hydrogen) atoms. The molecule has 0 unspecified atom stereocenters. The average Bonchev–Trinajstić information content (AvgIpc) is 2.66. The topological polar surface area (TPSA) is 41.6 Å². The molecule has 0 fully saturated rings. The van der Waals surface area contributed by atoms with E-state index in [4.69, 9.17) is 28.5 Å². The number of hydrogen-bond acceptors (Lipinski definition) is 2. The summed E-state index contributed by atoms with van der Waals surface area (Å²) >= 11 is 11.5. The number of halogens is 5. The second-order valence-corrected chi connectivity index (χ2v) is 4.31. The van der Waals surface area contributed by atoms with Crippen LogP contribution in [0.15, 0.2) is 24.3 Å². The smallest absolute Gasteiger partial charge is 0.220 e. The van der Waals surface area contributed by atoms with Crippen LogP contribution in [0.1, 0.15) is 11.3 Å². The summed E-state index contributed by atoms with van der Waals surface area (Å²) in [6.45, 7) is 0. The molecule has 2 aromatic rings. The first-order valence-electron chi connectivity index (χ1n) is 4.86. The monoisotopic (exact) mass is 305 g/mol. The van der Waals surface area contributed by atoms with Crippen LogP contribution in [-0.2, 0) is 6.18 Å². The van der Waals surface area contributed by atoms with E-state index in [9.17, 15) is 13.2 Å². The van der Waals surface area contributed by atoms with Gasteiger partial charge in [0.05, 0.1) is 5.69 Å². The van der Waals surface area contributed by atoms with Crippen molar-refractivity contribution in [1.29, 1.82) is 5.26 Å². The highest BCUT2D eigenvalue weighted by atomic mass is 35.5. The van der Waals surface area contributed by atoms with Crippen molar-refractivity contribution in [3.05, 3.63) is 45.7 Å². The largest absolute Gasteiger partial charge is 0.436 e. The van der Waals surface area contributed by atoms with Gasteiger partial charge in [-0.05, 0) is 18.2 Å². The predicted molar refractivity (Wildman–Crippen MR) is 63.3 cm³/mol. The van der Waals surface area contributed by atoms with Crippen molar-refractivity contribution in [3.63, 3.8) is 0 Å². The number of aromatic nitrogens is 2. The van der Waals surface area contributed by atoms with Gasteiger partial charge in [0.15, 0.2) is 10.8 Å². The molecule has 2 rings (SSSR count). The second-order valence-electron chi connectivity index (χ2n) is 3.52. The van der Waals surface area contributed by atoms with Crippen LogP contribution in [0.25, 0.3) is 5.69 Å². The predicted octanol–water partition coefficient (Wildman–Crippen LogP) is 4.07. The molecule has 0 N–H and O–H groups in total. The van der Waals surface area contributed by atoms with Gasteiger partial charge < -0.3 is 0 Å². The van der Waals surface area contributed by atoms with Gasteiger partial charge in [0.25, 0.3) is 0 Å². The summed E-state index contributed by atoms with van der Waals surface area (Å²) in [5.74, 6) is 0. The van der Waals surface area contributed by atoms with Crippen molar-refractivity contribution in [2.24, 2.45) is 0 Å². The molecule has 1 heterocycles. The third-order valence-corrected chi connectivity index (χ3v) is 2.85. The molecule has 98 valence electrons. The van der Waals surface area contributed by atoms with E-state index in [1.807, 2.05) is 0 Å². The van der Waals surface area contributed by atoms with E-state index in [1.165, 1.54) is 24.3 Å². The quantitative estimate of drug-likeness (QED) is 0.797. The highest BCUT2D eigenvalue weighted by Gasteiger charge is 2.39. The van der Waals surface area contributed by atoms with Gasteiger partial charge in [0, 0.05) is 5.02 Å². The number of nitrogens with zero attached hydrogens (tertiary/aromatic N) is 3. The summed E-state index contributed by atoms with van der Waals surface area (Å²) in [4.78, 5) is 0. The molecule has 0 saturated carbocycles. The third kappa shape index (κ3) is 2.53. The second kappa shape index (κ2) is 4.76. The summed E-state index contributed by atoms with van der Waals surface area (Å²) in [6, 6.07) is 7.37. The molecule has 0 bridgehead atoms. The summed E-state index contributed by atoms with van der Waals surface area (Å²) in [7, 11) is 0. The van der Waals surface area contributed by atoms with E-state index in [0.29, 0.717) is 5.02 Å². The lowest BCUT2D eigenvalue weighted by atomic mass is 10.2. The van der Waals surface area contributed by atoms with E-state index in [2.05, 4.69) is 5.10 Å². The fraction of sp³-hybridized carbons (Fsp3) is 0.0909. The van der Waals surface area contributed by atoms with Gasteiger partial charge in [0.1, 0.15) is 11.6 Å². The van der Waals surface area contributed by atoms with Crippen LogP contribution < -0.4 is 0 Å². The summed E-state index contributed by atoms with van der Waals surface area (Å²) in [6.07, 6.45) is -4.75. The first-order valence-corrected chi connectivity index (χ1v) is 5.62. The van der Waals surface area contributed by atoms with Crippen molar-refractivity contribution < 1.29 is 13.2 Å². The lowest BCUT2D eigenvalue weighted by Crippen LogP contribution is -2.08. The van der Waals surface area contributed by atoms with Gasteiger partial charge in [-0.25, -0.2) is 4.68 Å². The number of nitriles is 1. The lowest BCUT2D eigenvalue weighted by molar-refractivity contribution is -0.141. The Labute approximate surface area is 115 Å². The van der Waals surface area contributed by atoms with Gasteiger partial charge in [0.2, 0.25) is 0 Å². The first-order chi connectivity index (χ1) is 8.84. The van der Waals surface area contributed by atoms with E-state index >= 15 is 0 Å². The zero-order chi connectivity index (χ0) is 14.2. The van der Waals surface area contributed by atoms with Crippen LogP contribution in [0.5, 0.6) is 0 Å². The zero-order valence-electron chi connectivity index (χ0n) is 9.04. The molecular weight excluding hydrogens is 302 g/mol. The fourth-order valence-electron chi connectivity index (χ4n) is 1.47. The number of alkyl halides is 3. The molecule has 0 atom stereocenters. The van der Waals surface area contributed by atoms with E-state index in [-0.39, 0.29) is 5.69 Å². The minimum atomic E-state index is -4.75. The highest BCUT2D eigenvalue weighted by Crippen LogP contribution is 2.35. The van der Waals surface area contributed by atoms with Crippen molar-refractivity contribution in [2.75, 3.05) is 0 Å². The Morgan fingerprint density at radius 3 is 2.42 bits per heavy atom. The Hall–Kier alpha value is -1.71. The van der Waals surface area contributed by atoms with E-state index < -0.39 is 22.6 Å². The normalized spacial score (nSPS) is 11.4. The van der Waals surface area contributed by atoms with Crippen molar-refractivity contribution >= 4 is 23.2 Å². The highest BCUT2D eigenvalue weighted by molar-refractivity contribution is 6.31. The van der Waals surface area contributed by atoms with Crippen LogP contribution >= 0.6 is 23.2 Å². The van der Waals surface area contributed by atoms with Crippen LogP contribution in [0.3, 0.4) is 0 Å². The number of hydrogen-bond donors (Lipinski definition) is 0. The summed E-state index contributed by atoms with van der Waals surface area (Å²) in [5.41, 5.74) is -1.79. The van der Waals surface area contributed by atoms with Crippen LogP contribution in [0.2, 0.25) is 10.2 Å². The number of benzene rings is 1. The summed E-state index contributed by atoms with van der Waals surface area (Å²) in [5, 5.41) is 12.0. The zero-order valence-corrected chi connectivity index (χ0v) is 10.6. The maximum absolute atomic E-state index is 12.7. The molecule has 1 aromatic carbocycles. The molecule has 3 nitrogen and oxygen atoms in total. The van der Waals surface area contributed by atoms with Crippen molar-refractivity contribution in [2.45, 2.75) is 6.18 Å². The lowest BCUT2D eigenvalue weighted by Gasteiger charge is -2.03. The minimum Gasteiger partial charge on any atom is -0.220 e. The molecular formula is C11H4Cl2F3N3. The maximum Gasteiger partial charge on any atom is 0.436 e. The molecule has 1 aromatic heterocycles. The maximum atomic E-state index is 12.7. The van der Waals surface area contributed by atoms with Crippen LogP contribution in [0, 0.1) is 11.3 Å². The Bertz CT molecular complexity index is 671. The van der Waals surface area contributed by atoms with Gasteiger partial charge in [-0.1, -0.05) is 29.3 Å². The van der Waals surface area contributed by atoms with Crippen molar-refractivity contribution in [3.8, 4) is 11.8 Å². The van der Waals surface area contributed by atoms with Gasteiger partial charge in [-0.3, -0.25) is 0 Å². The average molecular weight is 306 g/mol. The van der Waals surface area contributed by atoms with Gasteiger partial charge in [-0.2, -0.15) is 23.5 Å². The first kappa shape index (κ1) is 13.7. The fourth-order valence-corrected chi connectivity index (χ4v) is 1.93. The van der Waals surface area contributed by atoms with Crippen molar-refractivity contribution in [1.82, 2.24) is 9.78 Å². The minimum absolute atomic E-state index is 0.240. The number of rotatable bonds is 1. The Morgan fingerprint density at radius 2 is 1.95 bits per heavy atom. The standard InChI is InChI=1S/C11H4Cl2F3N3/c12-6-2-1-3-7(4-6)19-10(13)8(5-17)9(18-19)11(14,15)16/h1-4H. The van der Waals surface area contributed by atoms with Gasteiger partial charge in [-0.15, -0.1) is 0 Å². The molecule has 0 aliphatic rings. The SMILES string of the molecule is N#Cc1c(C(F)(F)F)nn(-c2cccc(Cl)c2)c1Cl. The molecule has 0 aliphatic heterocycles. The Balaban J connectivity index is 2.68. The molecule has 0 aliphatic carbocycles. The molecule has 0 saturated heterocycles. The summed E-state index contributed by atoms with van der Waals surface area (Å²) < 4.78 is 39.0.